The summed E-state index contributed by atoms with van der Waals surface area (Å²) in [6.45, 7) is 10.9. The Bertz CT molecular complexity index is 235. The monoisotopic (exact) mass is 222 g/mol. The SMILES string of the molecule is C=CCC(C)N1CC(C2CC2)NCC1CC. The van der Waals surface area contributed by atoms with Crippen molar-refractivity contribution in [1.82, 2.24) is 10.2 Å². The molecule has 2 fully saturated rings. The van der Waals surface area contributed by atoms with Crippen LogP contribution in [0.4, 0.5) is 0 Å². The molecular weight excluding hydrogens is 196 g/mol. The highest BCUT2D eigenvalue weighted by Gasteiger charge is 2.37. The first-order chi connectivity index (χ1) is 7.76. The molecule has 0 spiro atoms. The second-order valence-electron chi connectivity index (χ2n) is 5.48. The Labute approximate surface area is 100 Å². The molecule has 1 aliphatic carbocycles. The van der Waals surface area contributed by atoms with Gasteiger partial charge in [-0.3, -0.25) is 4.90 Å². The predicted molar refractivity (Wildman–Crippen MR) is 69.6 cm³/mol. The number of piperazine rings is 1. The van der Waals surface area contributed by atoms with E-state index in [4.69, 9.17) is 0 Å². The zero-order chi connectivity index (χ0) is 11.5. The molecular formula is C14H26N2. The van der Waals surface area contributed by atoms with Crippen LogP contribution in [0.1, 0.15) is 39.5 Å². The van der Waals surface area contributed by atoms with Gasteiger partial charge in [-0.05, 0) is 38.5 Å². The molecule has 2 heteroatoms. The zero-order valence-corrected chi connectivity index (χ0v) is 10.8. The molecule has 1 heterocycles. The predicted octanol–water partition coefficient (Wildman–Crippen LogP) is 2.41. The number of nitrogens with one attached hydrogen (secondary N) is 1. The summed E-state index contributed by atoms with van der Waals surface area (Å²) in [5, 5.41) is 3.74. The average Bonchev–Trinajstić information content (AvgIpc) is 3.12. The molecule has 1 saturated carbocycles. The Kier molecular flexibility index (Phi) is 4.04. The average molecular weight is 222 g/mol. The van der Waals surface area contributed by atoms with E-state index in [0.29, 0.717) is 6.04 Å². The van der Waals surface area contributed by atoms with Crippen LogP contribution in [0.25, 0.3) is 0 Å². The lowest BCUT2D eigenvalue weighted by molar-refractivity contribution is 0.0816. The van der Waals surface area contributed by atoms with E-state index in [2.05, 4.69) is 36.7 Å². The van der Waals surface area contributed by atoms with Crippen molar-refractivity contribution >= 4 is 0 Å². The van der Waals surface area contributed by atoms with Gasteiger partial charge >= 0.3 is 0 Å². The molecule has 0 amide bonds. The Morgan fingerprint density at radius 3 is 2.81 bits per heavy atom. The maximum atomic E-state index is 3.87. The van der Waals surface area contributed by atoms with Gasteiger partial charge in [0.2, 0.25) is 0 Å². The molecule has 2 aliphatic rings. The van der Waals surface area contributed by atoms with Crippen LogP contribution in [0.15, 0.2) is 12.7 Å². The van der Waals surface area contributed by atoms with Gasteiger partial charge in [-0.1, -0.05) is 13.0 Å². The highest BCUT2D eigenvalue weighted by atomic mass is 15.3. The lowest BCUT2D eigenvalue weighted by Crippen LogP contribution is -2.59. The maximum Gasteiger partial charge on any atom is 0.0224 e. The van der Waals surface area contributed by atoms with E-state index < -0.39 is 0 Å². The molecule has 0 aromatic heterocycles. The first kappa shape index (κ1) is 12.1. The molecule has 2 rings (SSSR count). The molecule has 2 nitrogen and oxygen atoms in total. The van der Waals surface area contributed by atoms with Gasteiger partial charge in [-0.15, -0.1) is 6.58 Å². The molecule has 0 aromatic rings. The van der Waals surface area contributed by atoms with Crippen LogP contribution < -0.4 is 5.32 Å². The van der Waals surface area contributed by atoms with Gasteiger partial charge in [0.1, 0.15) is 0 Å². The van der Waals surface area contributed by atoms with E-state index in [1.165, 1.54) is 32.4 Å². The molecule has 3 unspecified atom stereocenters. The van der Waals surface area contributed by atoms with Crippen molar-refractivity contribution in [3.8, 4) is 0 Å². The molecule has 0 aromatic carbocycles. The van der Waals surface area contributed by atoms with E-state index in [-0.39, 0.29) is 0 Å². The Morgan fingerprint density at radius 2 is 2.25 bits per heavy atom. The van der Waals surface area contributed by atoms with Crippen LogP contribution in [0.5, 0.6) is 0 Å². The largest absolute Gasteiger partial charge is 0.311 e. The Hall–Kier alpha value is -0.340. The Balaban J connectivity index is 1.95. The third-order valence-electron chi connectivity index (χ3n) is 4.23. The van der Waals surface area contributed by atoms with Crippen molar-refractivity contribution in [2.45, 2.75) is 57.7 Å². The molecule has 92 valence electrons. The summed E-state index contributed by atoms with van der Waals surface area (Å²) in [5.41, 5.74) is 0. The molecule has 16 heavy (non-hydrogen) atoms. The van der Waals surface area contributed by atoms with Crippen LogP contribution >= 0.6 is 0 Å². The van der Waals surface area contributed by atoms with Crippen molar-refractivity contribution in [2.75, 3.05) is 13.1 Å². The third kappa shape index (κ3) is 2.67. The van der Waals surface area contributed by atoms with Crippen molar-refractivity contribution in [3.63, 3.8) is 0 Å². The fraction of sp³-hybridized carbons (Fsp3) is 0.857. The van der Waals surface area contributed by atoms with E-state index in [9.17, 15) is 0 Å². The fourth-order valence-electron chi connectivity index (χ4n) is 2.96. The van der Waals surface area contributed by atoms with E-state index in [1.807, 2.05) is 0 Å². The van der Waals surface area contributed by atoms with Gasteiger partial charge < -0.3 is 5.32 Å². The van der Waals surface area contributed by atoms with Crippen LogP contribution in [0.3, 0.4) is 0 Å². The van der Waals surface area contributed by atoms with Crippen LogP contribution in [-0.4, -0.2) is 36.1 Å². The number of hydrogen-bond donors (Lipinski definition) is 1. The van der Waals surface area contributed by atoms with Gasteiger partial charge in [0.25, 0.3) is 0 Å². The second kappa shape index (κ2) is 5.33. The zero-order valence-electron chi connectivity index (χ0n) is 10.8. The lowest BCUT2D eigenvalue weighted by atomic mass is 10.0. The summed E-state index contributed by atoms with van der Waals surface area (Å²) < 4.78 is 0. The summed E-state index contributed by atoms with van der Waals surface area (Å²) in [6.07, 6.45) is 7.32. The minimum absolute atomic E-state index is 0.658. The Morgan fingerprint density at radius 1 is 1.50 bits per heavy atom. The number of rotatable bonds is 5. The topological polar surface area (TPSA) is 15.3 Å². The molecule has 1 aliphatic heterocycles. The molecule has 0 radical (unpaired) electrons. The lowest BCUT2D eigenvalue weighted by Gasteiger charge is -2.43. The molecule has 0 bridgehead atoms. The van der Waals surface area contributed by atoms with Gasteiger partial charge in [-0.25, -0.2) is 0 Å². The number of hydrogen-bond acceptors (Lipinski definition) is 2. The maximum absolute atomic E-state index is 3.87. The van der Waals surface area contributed by atoms with Crippen LogP contribution in [0, 0.1) is 5.92 Å². The van der Waals surface area contributed by atoms with E-state index >= 15 is 0 Å². The first-order valence-electron chi connectivity index (χ1n) is 6.86. The van der Waals surface area contributed by atoms with Crippen molar-refractivity contribution in [1.29, 1.82) is 0 Å². The smallest absolute Gasteiger partial charge is 0.0224 e. The normalized spacial score (nSPS) is 33.6. The molecule has 3 atom stereocenters. The molecule has 1 saturated heterocycles. The van der Waals surface area contributed by atoms with Crippen molar-refractivity contribution in [3.05, 3.63) is 12.7 Å². The minimum Gasteiger partial charge on any atom is -0.311 e. The third-order valence-corrected chi connectivity index (χ3v) is 4.23. The van der Waals surface area contributed by atoms with Gasteiger partial charge in [-0.2, -0.15) is 0 Å². The van der Waals surface area contributed by atoms with Gasteiger partial charge in [0, 0.05) is 31.2 Å². The number of nitrogens with zero attached hydrogens (tertiary/aromatic N) is 1. The van der Waals surface area contributed by atoms with E-state index in [0.717, 1.165) is 24.4 Å². The summed E-state index contributed by atoms with van der Waals surface area (Å²) in [5.74, 6) is 0.969. The first-order valence-corrected chi connectivity index (χ1v) is 6.86. The highest BCUT2D eigenvalue weighted by molar-refractivity contribution is 4.96. The quantitative estimate of drug-likeness (QED) is 0.719. The minimum atomic E-state index is 0.658. The van der Waals surface area contributed by atoms with Crippen molar-refractivity contribution < 1.29 is 0 Å². The second-order valence-corrected chi connectivity index (χ2v) is 5.48. The summed E-state index contributed by atoms with van der Waals surface area (Å²) in [6, 6.07) is 2.14. The van der Waals surface area contributed by atoms with E-state index in [1.54, 1.807) is 0 Å². The van der Waals surface area contributed by atoms with Gasteiger partial charge in [0.05, 0.1) is 0 Å². The van der Waals surface area contributed by atoms with Crippen LogP contribution in [0.2, 0.25) is 0 Å². The summed E-state index contributed by atoms with van der Waals surface area (Å²) in [7, 11) is 0. The summed E-state index contributed by atoms with van der Waals surface area (Å²) >= 11 is 0. The van der Waals surface area contributed by atoms with Gasteiger partial charge in [0.15, 0.2) is 0 Å². The standard InChI is InChI=1S/C14H26N2/c1-4-6-11(3)16-10-14(12-7-8-12)15-9-13(16)5-2/h4,11-15H,1,5-10H2,2-3H3. The summed E-state index contributed by atoms with van der Waals surface area (Å²) in [4.78, 5) is 2.71. The highest BCUT2D eigenvalue weighted by Crippen LogP contribution is 2.35. The fourth-order valence-corrected chi connectivity index (χ4v) is 2.96. The van der Waals surface area contributed by atoms with Crippen LogP contribution in [-0.2, 0) is 0 Å². The van der Waals surface area contributed by atoms with Crippen molar-refractivity contribution in [2.24, 2.45) is 5.92 Å². The molecule has 1 N–H and O–H groups in total.